The van der Waals surface area contributed by atoms with Gasteiger partial charge in [-0.1, -0.05) is 20.8 Å². The number of hydrogen-bond acceptors (Lipinski definition) is 8. The van der Waals surface area contributed by atoms with E-state index in [9.17, 15) is 9.59 Å². The molecule has 174 valence electrons. The Labute approximate surface area is 187 Å². The Balaban J connectivity index is 1.32. The molecule has 0 amide bonds. The number of ether oxygens (including phenoxy) is 5. The lowest BCUT2D eigenvalue weighted by molar-refractivity contribution is -0.169. The van der Waals surface area contributed by atoms with Crippen LogP contribution in [-0.2, 0) is 33.3 Å². The van der Waals surface area contributed by atoms with Crippen molar-refractivity contribution in [3.05, 3.63) is 11.1 Å². The van der Waals surface area contributed by atoms with E-state index in [0.29, 0.717) is 13.0 Å². The third-order valence-corrected chi connectivity index (χ3v) is 9.76. The summed E-state index contributed by atoms with van der Waals surface area (Å²) in [6.07, 6.45) is 1.60. The second-order valence-corrected chi connectivity index (χ2v) is 11.6. The maximum Gasteiger partial charge on any atom is 0.334 e. The molecule has 2 saturated carbocycles. The monoisotopic (exact) mass is 445 g/mol. The molecule has 9 atom stereocenters. The van der Waals surface area contributed by atoms with Crippen LogP contribution in [0.1, 0.15) is 40.0 Å². The van der Waals surface area contributed by atoms with E-state index < -0.39 is 22.9 Å². The lowest BCUT2D eigenvalue weighted by Gasteiger charge is -2.53. The van der Waals surface area contributed by atoms with Crippen molar-refractivity contribution >= 4 is 11.9 Å². The van der Waals surface area contributed by atoms with E-state index in [0.717, 1.165) is 24.0 Å². The Bertz CT molecular complexity index is 991. The summed E-state index contributed by atoms with van der Waals surface area (Å²) < 4.78 is 31.4. The summed E-state index contributed by atoms with van der Waals surface area (Å²) in [7, 11) is 3.72. The highest BCUT2D eigenvalue weighted by molar-refractivity contribution is 5.92. The van der Waals surface area contributed by atoms with Crippen molar-refractivity contribution in [3.63, 3.8) is 0 Å². The van der Waals surface area contributed by atoms with E-state index in [1.54, 1.807) is 0 Å². The average molecular weight is 446 g/mol. The van der Waals surface area contributed by atoms with Gasteiger partial charge in [0.05, 0.1) is 12.6 Å². The van der Waals surface area contributed by atoms with E-state index in [1.807, 2.05) is 19.0 Å². The molecule has 0 aromatic carbocycles. The first-order valence-corrected chi connectivity index (χ1v) is 11.9. The zero-order chi connectivity index (χ0) is 22.4. The van der Waals surface area contributed by atoms with Gasteiger partial charge in [-0.2, -0.15) is 0 Å². The zero-order valence-electron chi connectivity index (χ0n) is 19.3. The smallest absolute Gasteiger partial charge is 0.334 e. The third kappa shape index (κ3) is 1.90. The van der Waals surface area contributed by atoms with Crippen molar-refractivity contribution in [1.82, 2.24) is 4.90 Å². The van der Waals surface area contributed by atoms with Crippen molar-refractivity contribution in [1.29, 1.82) is 0 Å². The Morgan fingerprint density at radius 2 is 2.00 bits per heavy atom. The molecule has 8 nitrogen and oxygen atoms in total. The van der Waals surface area contributed by atoms with E-state index in [4.69, 9.17) is 23.7 Å². The lowest BCUT2D eigenvalue weighted by atomic mass is 9.46. The normalized spacial score (nSPS) is 53.5. The quantitative estimate of drug-likeness (QED) is 0.471. The number of rotatable bonds is 4. The molecule has 8 heteroatoms. The Hall–Kier alpha value is -1.48. The van der Waals surface area contributed by atoms with Crippen molar-refractivity contribution in [2.24, 2.45) is 17.3 Å². The maximum absolute atomic E-state index is 12.9. The van der Waals surface area contributed by atoms with Gasteiger partial charge in [-0.25, -0.2) is 4.79 Å². The number of nitrogens with zero attached hydrogens (tertiary/aromatic N) is 1. The predicted molar refractivity (Wildman–Crippen MR) is 110 cm³/mol. The first kappa shape index (κ1) is 19.9. The fourth-order valence-electron chi connectivity index (χ4n) is 8.27. The molecule has 0 aromatic rings. The fraction of sp³-hybridized carbons (Fsp3) is 0.833. The molecule has 4 aliphatic heterocycles. The lowest BCUT2D eigenvalue weighted by Crippen LogP contribution is -2.70. The van der Waals surface area contributed by atoms with Crippen LogP contribution in [0.3, 0.4) is 0 Å². The van der Waals surface area contributed by atoms with Crippen molar-refractivity contribution in [2.75, 3.05) is 27.2 Å². The van der Waals surface area contributed by atoms with Crippen LogP contribution in [0.2, 0.25) is 0 Å². The summed E-state index contributed by atoms with van der Waals surface area (Å²) in [5.41, 5.74) is -0.0212. The van der Waals surface area contributed by atoms with Crippen LogP contribution < -0.4 is 0 Å². The highest BCUT2D eigenvalue weighted by atomic mass is 16.8. The number of likely N-dealkylation sites (N-methyl/N-ethyl adjacent to an activating group) is 1. The molecule has 32 heavy (non-hydrogen) atoms. The molecular formula is C24H31NO7. The molecule has 1 unspecified atom stereocenters. The number of hydrogen-bond donors (Lipinski definition) is 0. The Kier molecular flexibility index (Phi) is 3.49. The molecule has 0 aromatic heterocycles. The van der Waals surface area contributed by atoms with Crippen molar-refractivity contribution < 1.29 is 33.3 Å². The van der Waals surface area contributed by atoms with Gasteiger partial charge in [0.2, 0.25) is 0 Å². The topological polar surface area (TPSA) is 93.4 Å². The second kappa shape index (κ2) is 5.59. The molecule has 3 saturated heterocycles. The van der Waals surface area contributed by atoms with Gasteiger partial charge in [-0.3, -0.25) is 9.69 Å². The predicted octanol–water partition coefficient (Wildman–Crippen LogP) is 1.22. The minimum atomic E-state index is -0.677. The van der Waals surface area contributed by atoms with Gasteiger partial charge >= 0.3 is 11.9 Å². The van der Waals surface area contributed by atoms with Crippen LogP contribution in [0.25, 0.3) is 0 Å². The number of carbonyl (C=O) groups is 2. The summed E-state index contributed by atoms with van der Waals surface area (Å²) in [5, 5.41) is 0. The van der Waals surface area contributed by atoms with E-state index in [-0.39, 0.29) is 54.0 Å². The number of esters is 2. The van der Waals surface area contributed by atoms with Crippen LogP contribution >= 0.6 is 0 Å². The van der Waals surface area contributed by atoms with Crippen LogP contribution in [0.15, 0.2) is 11.1 Å². The summed E-state index contributed by atoms with van der Waals surface area (Å²) in [4.78, 5) is 27.0. The largest absolute Gasteiger partial charge is 0.458 e. The average Bonchev–Trinajstić information content (AvgIpc) is 3.60. The molecule has 5 fully saturated rings. The summed E-state index contributed by atoms with van der Waals surface area (Å²) >= 11 is 0. The number of fused-ring (bicyclic) bond motifs is 4. The molecule has 7 rings (SSSR count). The molecular weight excluding hydrogens is 414 g/mol. The van der Waals surface area contributed by atoms with Gasteiger partial charge in [-0.05, 0) is 50.8 Å². The SMILES string of the molecule is CC(C)[C@]12O[C@H]1[C@@H]1O[C@@]13[C@@]1(C)CCC4=C(COC4=O)[C@@H]1C[C@@H]1O[C@@]13C2OC(=O)CN(C)C. The second-order valence-electron chi connectivity index (χ2n) is 11.6. The molecule has 3 aliphatic carbocycles. The standard InChI is InChI=1S/C24H31NO7/c1-11(2)22-17(31-22)18-24(32-18)21(3)7-6-12-13(10-28-19(12)27)14(21)8-15-23(24,30-15)20(22)29-16(26)9-25(4)5/h11,14-15,17-18,20H,6-10H2,1-5H3/t14-,15-,17-,18-,20?,21-,22-,23+,24+/m0/s1. The zero-order valence-corrected chi connectivity index (χ0v) is 19.3. The minimum Gasteiger partial charge on any atom is -0.458 e. The first-order valence-electron chi connectivity index (χ1n) is 11.9. The van der Waals surface area contributed by atoms with Crippen molar-refractivity contribution in [2.45, 2.75) is 81.3 Å². The van der Waals surface area contributed by atoms with Gasteiger partial charge < -0.3 is 23.7 Å². The highest BCUT2D eigenvalue weighted by Crippen LogP contribution is 2.83. The molecule has 2 spiro atoms. The van der Waals surface area contributed by atoms with Gasteiger partial charge in [-0.15, -0.1) is 0 Å². The number of epoxide rings is 3. The minimum absolute atomic E-state index is 0.0633. The third-order valence-electron chi connectivity index (χ3n) is 9.76. The van der Waals surface area contributed by atoms with Gasteiger partial charge in [0, 0.05) is 11.0 Å². The maximum atomic E-state index is 12.9. The van der Waals surface area contributed by atoms with Crippen molar-refractivity contribution in [3.8, 4) is 0 Å². The Morgan fingerprint density at radius 3 is 2.72 bits per heavy atom. The molecule has 0 N–H and O–H groups in total. The van der Waals surface area contributed by atoms with Gasteiger partial charge in [0.1, 0.15) is 30.0 Å². The van der Waals surface area contributed by atoms with Gasteiger partial charge in [0.15, 0.2) is 11.7 Å². The summed E-state index contributed by atoms with van der Waals surface area (Å²) in [5.74, 6) is -0.0856. The van der Waals surface area contributed by atoms with E-state index >= 15 is 0 Å². The number of carbonyl (C=O) groups excluding carboxylic acids is 2. The summed E-state index contributed by atoms with van der Waals surface area (Å²) in [6.45, 7) is 7.13. The fourth-order valence-corrected chi connectivity index (χ4v) is 8.27. The molecule has 0 bridgehead atoms. The van der Waals surface area contributed by atoms with Crippen LogP contribution in [0.4, 0.5) is 0 Å². The van der Waals surface area contributed by atoms with Crippen LogP contribution in [0.5, 0.6) is 0 Å². The molecule has 7 aliphatic rings. The van der Waals surface area contributed by atoms with Crippen LogP contribution in [0, 0.1) is 17.3 Å². The van der Waals surface area contributed by atoms with E-state index in [2.05, 4.69) is 20.8 Å². The number of cyclic esters (lactones) is 1. The van der Waals surface area contributed by atoms with Crippen LogP contribution in [-0.4, -0.2) is 85.3 Å². The molecule has 0 radical (unpaired) electrons. The Morgan fingerprint density at radius 1 is 1.22 bits per heavy atom. The summed E-state index contributed by atoms with van der Waals surface area (Å²) in [6, 6.07) is 0. The molecule has 4 heterocycles. The van der Waals surface area contributed by atoms with E-state index in [1.165, 1.54) is 0 Å². The van der Waals surface area contributed by atoms with Gasteiger partial charge in [0.25, 0.3) is 0 Å². The highest BCUT2D eigenvalue weighted by Gasteiger charge is 3.01. The first-order chi connectivity index (χ1) is 15.1.